The summed E-state index contributed by atoms with van der Waals surface area (Å²) >= 11 is 0. The lowest BCUT2D eigenvalue weighted by Crippen LogP contribution is -2.36. The molecule has 6 heteroatoms. The van der Waals surface area contributed by atoms with E-state index in [4.69, 9.17) is 4.74 Å². The number of benzene rings is 2. The second kappa shape index (κ2) is 6.37. The molecular formula is C19H20FN3O2. The van der Waals surface area contributed by atoms with E-state index >= 15 is 0 Å². The smallest absolute Gasteiger partial charge is 0.164 e. The van der Waals surface area contributed by atoms with Gasteiger partial charge in [0.05, 0.1) is 23.5 Å². The number of methoxy groups -OCH3 is 1. The van der Waals surface area contributed by atoms with E-state index in [-0.39, 0.29) is 5.75 Å². The van der Waals surface area contributed by atoms with Crippen molar-refractivity contribution in [3.05, 3.63) is 48.4 Å². The number of halogens is 1. The van der Waals surface area contributed by atoms with Crippen LogP contribution in [0.25, 0.3) is 16.6 Å². The summed E-state index contributed by atoms with van der Waals surface area (Å²) < 4.78 is 20.4. The zero-order chi connectivity index (χ0) is 17.4. The monoisotopic (exact) mass is 341 g/mol. The third-order valence-electron chi connectivity index (χ3n) is 4.87. The summed E-state index contributed by atoms with van der Waals surface area (Å²) in [5, 5.41) is 15.0. The highest BCUT2D eigenvalue weighted by Gasteiger charge is 2.19. The van der Waals surface area contributed by atoms with Gasteiger partial charge in [-0.15, -0.1) is 0 Å². The lowest BCUT2D eigenvalue weighted by molar-refractivity contribution is 0.0819. The molecule has 1 fully saturated rings. The van der Waals surface area contributed by atoms with Gasteiger partial charge in [-0.1, -0.05) is 0 Å². The molecule has 0 aliphatic carbocycles. The highest BCUT2D eigenvalue weighted by Crippen LogP contribution is 2.28. The predicted octanol–water partition coefficient (Wildman–Crippen LogP) is 3.49. The summed E-state index contributed by atoms with van der Waals surface area (Å²) in [5.74, 6) is -1.01. The Bertz CT molecular complexity index is 901. The lowest BCUT2D eigenvalue weighted by Gasteiger charge is -2.33. The molecule has 4 rings (SSSR count). The Kier molecular flexibility index (Phi) is 4.05. The van der Waals surface area contributed by atoms with Crippen LogP contribution in [0, 0.1) is 5.82 Å². The van der Waals surface area contributed by atoms with Gasteiger partial charge in [0.1, 0.15) is 0 Å². The molecule has 2 heterocycles. The lowest BCUT2D eigenvalue weighted by atomic mass is 10.1. The third kappa shape index (κ3) is 2.93. The Hall–Kier alpha value is -2.60. The second-order valence-corrected chi connectivity index (χ2v) is 6.36. The molecule has 0 radical (unpaired) electrons. The minimum Gasteiger partial charge on any atom is -0.505 e. The number of piperidine rings is 1. The SMILES string of the molecule is COC1CCN(c2ccc3c(cnn3-c3ccc(F)c(O)c3)c2)CC1. The summed E-state index contributed by atoms with van der Waals surface area (Å²) in [6.45, 7) is 1.95. The summed E-state index contributed by atoms with van der Waals surface area (Å²) in [6.07, 6.45) is 4.21. The summed E-state index contributed by atoms with van der Waals surface area (Å²) in [4.78, 5) is 2.36. The number of fused-ring (bicyclic) bond motifs is 1. The second-order valence-electron chi connectivity index (χ2n) is 6.36. The molecule has 3 aromatic rings. The van der Waals surface area contributed by atoms with Crippen molar-refractivity contribution in [2.75, 3.05) is 25.1 Å². The van der Waals surface area contributed by atoms with Crippen LogP contribution in [0.3, 0.4) is 0 Å². The van der Waals surface area contributed by atoms with E-state index in [1.54, 1.807) is 24.1 Å². The standard InChI is InChI=1S/C19H20FN3O2/c1-25-16-6-8-22(9-7-16)14-3-5-18-13(10-14)12-21-23(18)15-2-4-17(20)19(24)11-15/h2-5,10-12,16,24H,6-9H2,1H3. The van der Waals surface area contributed by atoms with Gasteiger partial charge < -0.3 is 14.7 Å². The number of aromatic nitrogens is 2. The molecule has 2 aromatic carbocycles. The van der Waals surface area contributed by atoms with Gasteiger partial charge in [0.15, 0.2) is 11.6 Å². The topological polar surface area (TPSA) is 50.5 Å². The van der Waals surface area contributed by atoms with E-state index in [1.165, 1.54) is 17.8 Å². The van der Waals surface area contributed by atoms with Crippen LogP contribution in [0.5, 0.6) is 5.75 Å². The number of aromatic hydroxyl groups is 1. The summed E-state index contributed by atoms with van der Waals surface area (Å²) in [7, 11) is 1.77. The number of hydrogen-bond donors (Lipinski definition) is 1. The van der Waals surface area contributed by atoms with Gasteiger partial charge in [0.25, 0.3) is 0 Å². The Morgan fingerprint density at radius 3 is 2.60 bits per heavy atom. The van der Waals surface area contributed by atoms with Crippen LogP contribution in [0.1, 0.15) is 12.8 Å². The van der Waals surface area contributed by atoms with Gasteiger partial charge >= 0.3 is 0 Å². The molecule has 0 bridgehead atoms. The molecule has 1 aromatic heterocycles. The maximum Gasteiger partial charge on any atom is 0.164 e. The molecule has 5 nitrogen and oxygen atoms in total. The van der Waals surface area contributed by atoms with Crippen molar-refractivity contribution < 1.29 is 14.2 Å². The van der Waals surface area contributed by atoms with Crippen molar-refractivity contribution in [1.29, 1.82) is 0 Å². The van der Waals surface area contributed by atoms with E-state index in [9.17, 15) is 9.50 Å². The van der Waals surface area contributed by atoms with E-state index in [2.05, 4.69) is 22.1 Å². The van der Waals surface area contributed by atoms with Gasteiger partial charge in [-0.05, 0) is 43.2 Å². The van der Waals surface area contributed by atoms with Crippen LogP contribution in [0.4, 0.5) is 10.1 Å². The largest absolute Gasteiger partial charge is 0.505 e. The molecule has 0 amide bonds. The fourth-order valence-corrected chi connectivity index (χ4v) is 3.41. The Morgan fingerprint density at radius 2 is 1.88 bits per heavy atom. The van der Waals surface area contributed by atoms with E-state index in [0.29, 0.717) is 11.8 Å². The minimum absolute atomic E-state index is 0.355. The van der Waals surface area contributed by atoms with E-state index in [1.807, 2.05) is 6.07 Å². The third-order valence-corrected chi connectivity index (χ3v) is 4.87. The molecular weight excluding hydrogens is 321 g/mol. The zero-order valence-corrected chi connectivity index (χ0v) is 14.0. The van der Waals surface area contributed by atoms with Crippen molar-refractivity contribution in [2.45, 2.75) is 18.9 Å². The van der Waals surface area contributed by atoms with Gasteiger partial charge in [-0.3, -0.25) is 0 Å². The van der Waals surface area contributed by atoms with Gasteiger partial charge in [-0.25, -0.2) is 9.07 Å². The quantitative estimate of drug-likeness (QED) is 0.792. The number of nitrogens with zero attached hydrogens (tertiary/aromatic N) is 3. The summed E-state index contributed by atoms with van der Waals surface area (Å²) in [5.41, 5.74) is 2.72. The molecule has 0 spiro atoms. The predicted molar refractivity (Wildman–Crippen MR) is 94.9 cm³/mol. The minimum atomic E-state index is -0.637. The van der Waals surface area contributed by atoms with Gasteiger partial charge in [0, 0.05) is 37.3 Å². The van der Waals surface area contributed by atoms with Crippen LogP contribution in [0.2, 0.25) is 0 Å². The fourth-order valence-electron chi connectivity index (χ4n) is 3.41. The molecule has 0 unspecified atom stereocenters. The normalized spacial score (nSPS) is 15.8. The highest BCUT2D eigenvalue weighted by atomic mass is 19.1. The molecule has 25 heavy (non-hydrogen) atoms. The maximum atomic E-state index is 13.3. The number of anilines is 1. The van der Waals surface area contributed by atoms with Gasteiger partial charge in [0.2, 0.25) is 0 Å². The average Bonchev–Trinajstić information content (AvgIpc) is 3.07. The molecule has 0 saturated carbocycles. The first-order valence-electron chi connectivity index (χ1n) is 8.40. The Morgan fingerprint density at radius 1 is 1.12 bits per heavy atom. The van der Waals surface area contributed by atoms with Crippen molar-refractivity contribution in [3.8, 4) is 11.4 Å². The van der Waals surface area contributed by atoms with Crippen LogP contribution in [-0.2, 0) is 4.74 Å². The zero-order valence-electron chi connectivity index (χ0n) is 14.0. The maximum absolute atomic E-state index is 13.3. The highest BCUT2D eigenvalue weighted by molar-refractivity contribution is 5.84. The van der Waals surface area contributed by atoms with Crippen LogP contribution >= 0.6 is 0 Å². The van der Waals surface area contributed by atoms with Crippen LogP contribution < -0.4 is 4.90 Å². The first kappa shape index (κ1) is 15.9. The molecule has 130 valence electrons. The summed E-state index contributed by atoms with van der Waals surface area (Å²) in [6, 6.07) is 10.4. The fraction of sp³-hybridized carbons (Fsp3) is 0.316. The molecule has 1 aliphatic heterocycles. The van der Waals surface area contributed by atoms with E-state index in [0.717, 1.165) is 36.8 Å². The Balaban J connectivity index is 1.64. The van der Waals surface area contributed by atoms with Crippen molar-refractivity contribution in [3.63, 3.8) is 0 Å². The van der Waals surface area contributed by atoms with Crippen LogP contribution in [0.15, 0.2) is 42.6 Å². The number of rotatable bonds is 3. The first-order chi connectivity index (χ1) is 12.2. The van der Waals surface area contributed by atoms with Crippen molar-refractivity contribution in [1.82, 2.24) is 9.78 Å². The number of phenolic OH excluding ortho intramolecular Hbond substituents is 1. The molecule has 1 saturated heterocycles. The number of hydrogen-bond acceptors (Lipinski definition) is 4. The number of ether oxygens (including phenoxy) is 1. The first-order valence-corrected chi connectivity index (χ1v) is 8.40. The Labute approximate surface area is 145 Å². The van der Waals surface area contributed by atoms with E-state index < -0.39 is 5.82 Å². The van der Waals surface area contributed by atoms with Crippen LogP contribution in [-0.4, -0.2) is 41.2 Å². The number of phenols is 1. The molecule has 0 atom stereocenters. The molecule has 1 aliphatic rings. The van der Waals surface area contributed by atoms with Crippen molar-refractivity contribution >= 4 is 16.6 Å². The van der Waals surface area contributed by atoms with Crippen molar-refractivity contribution in [2.24, 2.45) is 0 Å². The average molecular weight is 341 g/mol. The van der Waals surface area contributed by atoms with Gasteiger partial charge in [-0.2, -0.15) is 5.10 Å². The molecule has 1 N–H and O–H groups in total.